The Morgan fingerprint density at radius 2 is 2.00 bits per heavy atom. The monoisotopic (exact) mass is 444 g/mol. The fraction of sp³-hybridized carbons (Fsp3) is 0.593. The van der Waals surface area contributed by atoms with Gasteiger partial charge in [0.05, 0.1) is 13.7 Å². The molecule has 0 spiro atoms. The van der Waals surface area contributed by atoms with Crippen LogP contribution in [0.25, 0.3) is 0 Å². The highest BCUT2D eigenvalue weighted by molar-refractivity contribution is 5.69. The molecule has 1 aromatic rings. The van der Waals surface area contributed by atoms with Crippen molar-refractivity contribution in [2.75, 3.05) is 20.3 Å². The summed E-state index contributed by atoms with van der Waals surface area (Å²) in [6.07, 6.45) is 10.3. The Kier molecular flexibility index (Phi) is 9.98. The van der Waals surface area contributed by atoms with E-state index < -0.39 is 6.10 Å². The van der Waals surface area contributed by atoms with Crippen LogP contribution >= 0.6 is 0 Å². The number of allylic oxidation sites excluding steroid dienone is 4. The molecule has 32 heavy (non-hydrogen) atoms. The molecule has 1 aliphatic rings. The first-order valence-corrected chi connectivity index (χ1v) is 11.8. The standard InChI is InChI=1S/C27H40O5/c1-6-27(7-2,23-11-12-25(20(4)16-23)32-18-24(29)17-28)22-10-8-21(14-19(3)15-22)9-13-26(30)31-5/h8,10-12,15-16,19,21,24,28-29H,6-7,9,13-14,17-18H2,1-5H3. The van der Waals surface area contributed by atoms with Crippen LogP contribution in [0, 0.1) is 18.8 Å². The molecule has 0 amide bonds. The van der Waals surface area contributed by atoms with Gasteiger partial charge in [0.15, 0.2) is 0 Å². The minimum atomic E-state index is -0.880. The van der Waals surface area contributed by atoms with Gasteiger partial charge >= 0.3 is 5.97 Å². The van der Waals surface area contributed by atoms with Crippen LogP contribution in [0.2, 0.25) is 0 Å². The summed E-state index contributed by atoms with van der Waals surface area (Å²) in [6, 6.07) is 6.28. The third-order valence-corrected chi connectivity index (χ3v) is 6.76. The molecule has 1 aliphatic carbocycles. The molecule has 2 rings (SSSR count). The van der Waals surface area contributed by atoms with Crippen LogP contribution in [0.5, 0.6) is 5.75 Å². The van der Waals surface area contributed by atoms with E-state index in [4.69, 9.17) is 14.6 Å². The van der Waals surface area contributed by atoms with Crippen LogP contribution in [0.3, 0.4) is 0 Å². The van der Waals surface area contributed by atoms with Gasteiger partial charge in [-0.2, -0.15) is 0 Å². The number of carbonyl (C=O) groups is 1. The number of methoxy groups -OCH3 is 1. The maximum absolute atomic E-state index is 11.6. The van der Waals surface area contributed by atoms with Crippen molar-refractivity contribution < 1.29 is 24.5 Å². The van der Waals surface area contributed by atoms with Crippen molar-refractivity contribution in [2.45, 2.75) is 71.3 Å². The summed E-state index contributed by atoms with van der Waals surface area (Å²) in [5, 5.41) is 18.6. The molecule has 5 nitrogen and oxygen atoms in total. The number of aryl methyl sites for hydroxylation is 1. The molecule has 1 aromatic carbocycles. The van der Waals surface area contributed by atoms with E-state index in [2.05, 4.69) is 51.1 Å². The molecular formula is C27H40O5. The van der Waals surface area contributed by atoms with Crippen LogP contribution in [0.1, 0.15) is 64.0 Å². The Labute approximate surface area is 193 Å². The van der Waals surface area contributed by atoms with Crippen molar-refractivity contribution in [3.63, 3.8) is 0 Å². The second-order valence-corrected chi connectivity index (χ2v) is 8.99. The lowest BCUT2D eigenvalue weighted by Crippen LogP contribution is -2.27. The van der Waals surface area contributed by atoms with E-state index in [1.807, 2.05) is 13.0 Å². The first-order chi connectivity index (χ1) is 15.3. The van der Waals surface area contributed by atoms with E-state index >= 15 is 0 Å². The summed E-state index contributed by atoms with van der Waals surface area (Å²) in [5.41, 5.74) is 3.50. The molecule has 3 unspecified atom stereocenters. The zero-order chi connectivity index (χ0) is 23.7. The minimum absolute atomic E-state index is 0.0712. The molecule has 0 heterocycles. The first-order valence-electron chi connectivity index (χ1n) is 11.8. The number of hydrogen-bond donors (Lipinski definition) is 2. The molecule has 5 heteroatoms. The smallest absolute Gasteiger partial charge is 0.305 e. The Morgan fingerprint density at radius 1 is 1.28 bits per heavy atom. The van der Waals surface area contributed by atoms with Crippen molar-refractivity contribution in [3.05, 3.63) is 53.1 Å². The first kappa shape index (κ1) is 26.1. The third kappa shape index (κ3) is 6.46. The maximum Gasteiger partial charge on any atom is 0.305 e. The van der Waals surface area contributed by atoms with Gasteiger partial charge in [-0.05, 0) is 67.2 Å². The lowest BCUT2D eigenvalue weighted by molar-refractivity contribution is -0.140. The Hall–Kier alpha value is -2.11. The minimum Gasteiger partial charge on any atom is -0.491 e. The summed E-state index contributed by atoms with van der Waals surface area (Å²) >= 11 is 0. The SMILES string of the molecule is CCC(CC)(C1=CC(C)CC(CCC(=O)OC)C=C1)c1ccc(OCC(O)CO)c(C)c1. The highest BCUT2D eigenvalue weighted by Gasteiger charge is 2.33. The summed E-state index contributed by atoms with van der Waals surface area (Å²) in [5.74, 6) is 1.36. The highest BCUT2D eigenvalue weighted by atomic mass is 16.5. The van der Waals surface area contributed by atoms with Crippen LogP contribution in [-0.4, -0.2) is 42.6 Å². The van der Waals surface area contributed by atoms with Gasteiger partial charge in [0, 0.05) is 11.8 Å². The van der Waals surface area contributed by atoms with Gasteiger partial charge in [-0.3, -0.25) is 4.79 Å². The van der Waals surface area contributed by atoms with Gasteiger partial charge < -0.3 is 19.7 Å². The largest absolute Gasteiger partial charge is 0.491 e. The summed E-state index contributed by atoms with van der Waals surface area (Å²) < 4.78 is 10.5. The van der Waals surface area contributed by atoms with Crippen LogP contribution in [0.4, 0.5) is 0 Å². The predicted molar refractivity (Wildman–Crippen MR) is 128 cm³/mol. The van der Waals surface area contributed by atoms with E-state index in [9.17, 15) is 9.90 Å². The fourth-order valence-corrected chi connectivity index (χ4v) is 4.75. The average Bonchev–Trinajstić information content (AvgIpc) is 2.99. The molecule has 2 N–H and O–H groups in total. The third-order valence-electron chi connectivity index (χ3n) is 6.76. The van der Waals surface area contributed by atoms with E-state index in [1.54, 1.807) is 0 Å². The lowest BCUT2D eigenvalue weighted by Gasteiger charge is -2.35. The molecular weight excluding hydrogens is 404 g/mol. The summed E-state index contributed by atoms with van der Waals surface area (Å²) in [6.45, 7) is 8.50. The Morgan fingerprint density at radius 3 is 2.59 bits per heavy atom. The fourth-order valence-electron chi connectivity index (χ4n) is 4.75. The van der Waals surface area contributed by atoms with Gasteiger partial charge in [-0.25, -0.2) is 0 Å². The molecule has 0 saturated carbocycles. The van der Waals surface area contributed by atoms with Gasteiger partial charge in [0.25, 0.3) is 0 Å². The zero-order valence-electron chi connectivity index (χ0n) is 20.3. The normalized spacial score (nSPS) is 19.8. The molecule has 3 atom stereocenters. The zero-order valence-corrected chi connectivity index (χ0v) is 20.3. The van der Waals surface area contributed by atoms with Crippen LogP contribution < -0.4 is 4.74 Å². The van der Waals surface area contributed by atoms with Crippen molar-refractivity contribution >= 4 is 5.97 Å². The maximum atomic E-state index is 11.6. The van der Waals surface area contributed by atoms with Crippen molar-refractivity contribution in [1.29, 1.82) is 0 Å². The number of aliphatic hydroxyl groups is 2. The molecule has 0 bridgehead atoms. The number of hydrogen-bond acceptors (Lipinski definition) is 5. The quantitative estimate of drug-likeness (QED) is 0.476. The summed E-state index contributed by atoms with van der Waals surface area (Å²) in [7, 11) is 1.44. The number of aliphatic hydroxyl groups excluding tert-OH is 2. The second kappa shape index (κ2) is 12.2. The number of esters is 1. The van der Waals surface area contributed by atoms with E-state index in [0.29, 0.717) is 18.3 Å². The van der Waals surface area contributed by atoms with Crippen molar-refractivity contribution in [2.24, 2.45) is 11.8 Å². The topological polar surface area (TPSA) is 76.0 Å². The van der Waals surface area contributed by atoms with Crippen LogP contribution in [-0.2, 0) is 14.9 Å². The van der Waals surface area contributed by atoms with E-state index in [-0.39, 0.29) is 24.6 Å². The Bertz CT molecular complexity index is 806. The Balaban J connectivity index is 2.30. The van der Waals surface area contributed by atoms with Gasteiger partial charge in [0.1, 0.15) is 18.5 Å². The van der Waals surface area contributed by atoms with Crippen molar-refractivity contribution in [3.8, 4) is 5.75 Å². The molecule has 0 aliphatic heterocycles. The molecule has 0 fully saturated rings. The predicted octanol–water partition coefficient (Wildman–Crippen LogP) is 4.88. The summed E-state index contributed by atoms with van der Waals surface area (Å²) in [4.78, 5) is 11.6. The number of benzene rings is 1. The van der Waals surface area contributed by atoms with Gasteiger partial charge in [-0.1, -0.05) is 51.1 Å². The van der Waals surface area contributed by atoms with E-state index in [1.165, 1.54) is 18.2 Å². The van der Waals surface area contributed by atoms with Gasteiger partial charge in [-0.15, -0.1) is 0 Å². The lowest BCUT2D eigenvalue weighted by atomic mass is 9.69. The number of ether oxygens (including phenoxy) is 2. The molecule has 0 aromatic heterocycles. The number of rotatable bonds is 11. The molecule has 178 valence electrons. The van der Waals surface area contributed by atoms with Gasteiger partial charge in [0.2, 0.25) is 0 Å². The highest BCUT2D eigenvalue weighted by Crippen LogP contribution is 2.43. The number of carbonyl (C=O) groups excluding carboxylic acids is 1. The van der Waals surface area contributed by atoms with Crippen LogP contribution in [0.15, 0.2) is 42.0 Å². The second-order valence-electron chi connectivity index (χ2n) is 8.99. The molecule has 0 saturated heterocycles. The average molecular weight is 445 g/mol. The van der Waals surface area contributed by atoms with Crippen molar-refractivity contribution in [1.82, 2.24) is 0 Å². The molecule has 0 radical (unpaired) electrons. The van der Waals surface area contributed by atoms with E-state index in [0.717, 1.165) is 37.0 Å².